The minimum atomic E-state index is -3.13. The summed E-state index contributed by atoms with van der Waals surface area (Å²) in [6.45, 7) is 4.39. The number of benzene rings is 1. The smallest absolute Gasteiger partial charge is 0.254 e. The van der Waals surface area contributed by atoms with E-state index in [1.165, 1.54) is 0 Å². The first-order chi connectivity index (χ1) is 18.3. The zero-order valence-corrected chi connectivity index (χ0v) is 22.1. The van der Waals surface area contributed by atoms with Gasteiger partial charge in [-0.25, -0.2) is 18.1 Å². The summed E-state index contributed by atoms with van der Waals surface area (Å²) in [4.78, 5) is 22.9. The molecular formula is C27H29N5O5S. The van der Waals surface area contributed by atoms with Crippen LogP contribution >= 0.6 is 0 Å². The molecule has 6 rings (SSSR count). The SMILES string of the molecule is COc1ccc(N2CCN(C(=O)c3cc(-c4ccco4)nc4c3c(C)nn4C3CCS(=O)(=O)C3)CC2)cc1. The fraction of sp³-hybridized carbons (Fsp3) is 0.370. The molecule has 11 heteroatoms. The minimum absolute atomic E-state index is 0.0203. The Morgan fingerprint density at radius 1 is 1.11 bits per heavy atom. The monoisotopic (exact) mass is 535 g/mol. The summed E-state index contributed by atoms with van der Waals surface area (Å²) in [6.07, 6.45) is 2.04. The number of fused-ring (bicyclic) bond motifs is 1. The van der Waals surface area contributed by atoms with E-state index in [1.807, 2.05) is 36.1 Å². The lowest BCUT2D eigenvalue weighted by Gasteiger charge is -2.36. The van der Waals surface area contributed by atoms with Crippen LogP contribution in [0.1, 0.15) is 28.5 Å². The molecule has 1 aromatic carbocycles. The maximum atomic E-state index is 13.9. The number of hydrogen-bond donors (Lipinski definition) is 0. The Bertz CT molecular complexity index is 1590. The van der Waals surface area contributed by atoms with Crippen LogP contribution in [0.4, 0.5) is 5.69 Å². The van der Waals surface area contributed by atoms with E-state index in [0.29, 0.717) is 66.3 Å². The van der Waals surface area contributed by atoms with Crippen molar-refractivity contribution in [2.75, 3.05) is 49.7 Å². The highest BCUT2D eigenvalue weighted by molar-refractivity contribution is 7.91. The number of furan rings is 1. The lowest BCUT2D eigenvalue weighted by atomic mass is 10.1. The normalized spacial score (nSPS) is 19.3. The lowest BCUT2D eigenvalue weighted by molar-refractivity contribution is 0.0748. The predicted molar refractivity (Wildman–Crippen MR) is 143 cm³/mol. The van der Waals surface area contributed by atoms with E-state index in [0.717, 1.165) is 11.4 Å². The fourth-order valence-corrected chi connectivity index (χ4v) is 7.08. The Morgan fingerprint density at radius 2 is 1.87 bits per heavy atom. The topological polar surface area (TPSA) is 111 Å². The van der Waals surface area contributed by atoms with Crippen LogP contribution in [0.2, 0.25) is 0 Å². The third-order valence-electron chi connectivity index (χ3n) is 7.40. The van der Waals surface area contributed by atoms with Crippen LogP contribution in [-0.4, -0.2) is 78.8 Å². The molecule has 3 aromatic heterocycles. The number of pyridine rings is 1. The molecule has 38 heavy (non-hydrogen) atoms. The van der Waals surface area contributed by atoms with Gasteiger partial charge in [0.25, 0.3) is 5.91 Å². The van der Waals surface area contributed by atoms with E-state index < -0.39 is 9.84 Å². The number of nitrogens with zero attached hydrogens (tertiary/aromatic N) is 5. The van der Waals surface area contributed by atoms with Crippen molar-refractivity contribution < 1.29 is 22.4 Å². The van der Waals surface area contributed by atoms with Crippen LogP contribution in [0, 0.1) is 6.92 Å². The first-order valence-electron chi connectivity index (χ1n) is 12.7. The average molecular weight is 536 g/mol. The van der Waals surface area contributed by atoms with Gasteiger partial charge in [0.2, 0.25) is 0 Å². The summed E-state index contributed by atoms with van der Waals surface area (Å²) >= 11 is 0. The van der Waals surface area contributed by atoms with Crippen LogP contribution < -0.4 is 9.64 Å². The van der Waals surface area contributed by atoms with Gasteiger partial charge in [-0.15, -0.1) is 0 Å². The van der Waals surface area contributed by atoms with Gasteiger partial charge in [-0.2, -0.15) is 5.10 Å². The molecule has 1 unspecified atom stereocenters. The van der Waals surface area contributed by atoms with Crippen LogP contribution in [0.3, 0.4) is 0 Å². The molecule has 4 aromatic rings. The van der Waals surface area contributed by atoms with Crippen molar-refractivity contribution in [2.45, 2.75) is 19.4 Å². The fourth-order valence-electron chi connectivity index (χ4n) is 5.39. The molecule has 2 fully saturated rings. The summed E-state index contributed by atoms with van der Waals surface area (Å²) < 4.78 is 37.0. The molecule has 1 amide bonds. The largest absolute Gasteiger partial charge is 0.497 e. The summed E-state index contributed by atoms with van der Waals surface area (Å²) in [5.41, 5.74) is 3.28. The van der Waals surface area contributed by atoms with Crippen molar-refractivity contribution in [3.8, 4) is 17.2 Å². The Balaban J connectivity index is 1.33. The second kappa shape index (κ2) is 9.46. The highest BCUT2D eigenvalue weighted by atomic mass is 32.2. The highest BCUT2D eigenvalue weighted by Gasteiger charge is 2.33. The molecule has 0 saturated carbocycles. The number of aromatic nitrogens is 3. The number of carbonyl (C=O) groups excluding carboxylic acids is 1. The Hall–Kier alpha value is -3.86. The first kappa shape index (κ1) is 24.5. The minimum Gasteiger partial charge on any atom is -0.497 e. The number of methoxy groups -OCH3 is 1. The third-order valence-corrected chi connectivity index (χ3v) is 9.15. The summed E-state index contributed by atoms with van der Waals surface area (Å²) in [5.74, 6) is 1.39. The molecule has 2 aliphatic heterocycles. The quantitative estimate of drug-likeness (QED) is 0.383. The first-order valence-corrected chi connectivity index (χ1v) is 14.5. The third kappa shape index (κ3) is 4.40. The summed E-state index contributed by atoms with van der Waals surface area (Å²) in [5, 5.41) is 5.34. The molecule has 2 saturated heterocycles. The van der Waals surface area contributed by atoms with E-state index in [9.17, 15) is 13.2 Å². The standard InChI is InChI=1S/C27H29N5O5S/c1-18-25-22(27(33)31-12-10-30(11-13-31)19-5-7-21(36-2)8-6-19)16-23(24-4-3-14-37-24)28-26(25)32(29-18)20-9-15-38(34,35)17-20/h3-8,14,16,20H,9-13,15,17H2,1-2H3. The molecule has 1 atom stereocenters. The van der Waals surface area contributed by atoms with Gasteiger partial charge in [-0.05, 0) is 55.8 Å². The summed E-state index contributed by atoms with van der Waals surface area (Å²) in [6, 6.07) is 12.9. The Kier molecular flexibility index (Phi) is 6.10. The van der Waals surface area contributed by atoms with Crippen molar-refractivity contribution in [1.82, 2.24) is 19.7 Å². The maximum absolute atomic E-state index is 13.9. The second-order valence-corrected chi connectivity index (χ2v) is 12.0. The molecule has 5 heterocycles. The number of sulfone groups is 1. The van der Waals surface area contributed by atoms with Gasteiger partial charge in [0.15, 0.2) is 21.2 Å². The van der Waals surface area contributed by atoms with E-state index >= 15 is 0 Å². The number of aryl methyl sites for hydroxylation is 1. The molecule has 0 bridgehead atoms. The molecule has 198 valence electrons. The number of piperazine rings is 1. The van der Waals surface area contributed by atoms with Crippen molar-refractivity contribution >= 4 is 32.5 Å². The van der Waals surface area contributed by atoms with E-state index in [4.69, 9.17) is 14.1 Å². The van der Waals surface area contributed by atoms with E-state index in [-0.39, 0.29) is 23.5 Å². The molecule has 10 nitrogen and oxygen atoms in total. The molecule has 0 radical (unpaired) electrons. The van der Waals surface area contributed by atoms with Gasteiger partial charge in [-0.1, -0.05) is 0 Å². The van der Waals surface area contributed by atoms with Gasteiger partial charge < -0.3 is 19.0 Å². The van der Waals surface area contributed by atoms with Gasteiger partial charge in [0.1, 0.15) is 11.4 Å². The van der Waals surface area contributed by atoms with Gasteiger partial charge in [0, 0.05) is 31.9 Å². The van der Waals surface area contributed by atoms with Gasteiger partial charge >= 0.3 is 0 Å². The molecule has 0 spiro atoms. The highest BCUT2D eigenvalue weighted by Crippen LogP contribution is 2.33. The Morgan fingerprint density at radius 3 is 2.50 bits per heavy atom. The van der Waals surface area contributed by atoms with E-state index in [2.05, 4.69) is 10.00 Å². The number of carbonyl (C=O) groups is 1. The van der Waals surface area contributed by atoms with Crippen molar-refractivity contribution in [2.24, 2.45) is 0 Å². The molecule has 0 N–H and O–H groups in total. The zero-order valence-electron chi connectivity index (χ0n) is 21.3. The summed E-state index contributed by atoms with van der Waals surface area (Å²) in [7, 11) is -1.48. The van der Waals surface area contributed by atoms with Crippen molar-refractivity contribution in [3.63, 3.8) is 0 Å². The van der Waals surface area contributed by atoms with E-state index in [1.54, 1.807) is 36.3 Å². The zero-order chi connectivity index (χ0) is 26.4. The molecular weight excluding hydrogens is 506 g/mol. The average Bonchev–Trinajstić information content (AvgIpc) is 3.67. The number of rotatable bonds is 5. The lowest BCUT2D eigenvalue weighted by Crippen LogP contribution is -2.48. The van der Waals surface area contributed by atoms with Crippen LogP contribution in [0.5, 0.6) is 5.75 Å². The van der Waals surface area contributed by atoms with Crippen LogP contribution in [-0.2, 0) is 9.84 Å². The number of ether oxygens (including phenoxy) is 1. The second-order valence-electron chi connectivity index (χ2n) is 9.80. The molecule has 0 aliphatic carbocycles. The van der Waals surface area contributed by atoms with Gasteiger partial charge in [0.05, 0.1) is 47.6 Å². The molecule has 2 aliphatic rings. The number of hydrogen-bond acceptors (Lipinski definition) is 8. The predicted octanol–water partition coefficient (Wildman–Crippen LogP) is 3.33. The Labute approximate surface area is 220 Å². The van der Waals surface area contributed by atoms with Gasteiger partial charge in [-0.3, -0.25) is 4.79 Å². The van der Waals surface area contributed by atoms with Crippen molar-refractivity contribution in [1.29, 1.82) is 0 Å². The number of amides is 1. The van der Waals surface area contributed by atoms with Crippen molar-refractivity contribution in [3.05, 3.63) is 60.0 Å². The number of anilines is 1. The maximum Gasteiger partial charge on any atom is 0.254 e. The van der Waals surface area contributed by atoms with Crippen LogP contribution in [0.25, 0.3) is 22.5 Å². The van der Waals surface area contributed by atoms with Crippen LogP contribution in [0.15, 0.2) is 53.1 Å².